The Morgan fingerprint density at radius 1 is 1.54 bits per heavy atom. The van der Waals surface area contributed by atoms with Gasteiger partial charge in [0.25, 0.3) is 0 Å². The number of carbonyl (C=O) groups excluding carboxylic acids is 1. The van der Waals surface area contributed by atoms with Gasteiger partial charge in [-0.3, -0.25) is 4.79 Å². The Morgan fingerprint density at radius 2 is 2.15 bits per heavy atom. The molecular formula is C9H11BrN2O. The molecule has 4 N–H and O–H groups in total. The molecule has 0 heterocycles. The zero-order valence-electron chi connectivity index (χ0n) is 7.25. The molecule has 1 rings (SSSR count). The van der Waals surface area contributed by atoms with Crippen LogP contribution in [-0.2, 0) is 0 Å². The van der Waals surface area contributed by atoms with Gasteiger partial charge in [0, 0.05) is 15.7 Å². The Hall–Kier alpha value is -0.870. The van der Waals surface area contributed by atoms with E-state index in [1.54, 1.807) is 25.1 Å². The molecule has 0 radical (unpaired) electrons. The molecule has 0 bridgehead atoms. The fraction of sp³-hybridized carbons (Fsp3) is 0.222. The standard InChI is InChI=1S/C9H11BrN2O/c1-5(11)9(13)7-4-6(10)2-3-8(7)12/h2-5H,11-12H2,1H3. The van der Waals surface area contributed by atoms with Crippen LogP contribution < -0.4 is 11.5 Å². The number of hydrogen-bond acceptors (Lipinski definition) is 3. The summed E-state index contributed by atoms with van der Waals surface area (Å²) in [5.41, 5.74) is 12.0. The highest BCUT2D eigenvalue weighted by atomic mass is 79.9. The van der Waals surface area contributed by atoms with Gasteiger partial charge in [-0.1, -0.05) is 15.9 Å². The largest absolute Gasteiger partial charge is 0.398 e. The molecule has 0 aromatic heterocycles. The second-order valence-electron chi connectivity index (χ2n) is 2.88. The van der Waals surface area contributed by atoms with Crippen molar-refractivity contribution in [3.63, 3.8) is 0 Å². The Morgan fingerprint density at radius 3 is 2.69 bits per heavy atom. The fourth-order valence-electron chi connectivity index (χ4n) is 0.987. The molecule has 1 atom stereocenters. The third-order valence-electron chi connectivity index (χ3n) is 1.69. The molecule has 0 fully saturated rings. The van der Waals surface area contributed by atoms with Crippen molar-refractivity contribution in [2.24, 2.45) is 5.73 Å². The Kier molecular flexibility index (Phi) is 3.06. The lowest BCUT2D eigenvalue weighted by atomic mass is 10.0. The first-order valence-electron chi connectivity index (χ1n) is 3.87. The van der Waals surface area contributed by atoms with E-state index in [-0.39, 0.29) is 5.78 Å². The summed E-state index contributed by atoms with van der Waals surface area (Å²) < 4.78 is 0.825. The summed E-state index contributed by atoms with van der Waals surface area (Å²) in [6.45, 7) is 1.64. The lowest BCUT2D eigenvalue weighted by molar-refractivity contribution is 0.0969. The predicted octanol–water partition coefficient (Wildman–Crippen LogP) is 1.56. The number of hydrogen-bond donors (Lipinski definition) is 2. The predicted molar refractivity (Wildman–Crippen MR) is 56.5 cm³/mol. The van der Waals surface area contributed by atoms with E-state index in [0.717, 1.165) is 4.47 Å². The smallest absolute Gasteiger partial charge is 0.181 e. The highest BCUT2D eigenvalue weighted by Crippen LogP contribution is 2.19. The quantitative estimate of drug-likeness (QED) is 0.611. The maximum absolute atomic E-state index is 11.5. The first-order valence-corrected chi connectivity index (χ1v) is 4.66. The summed E-state index contributed by atoms with van der Waals surface area (Å²) in [6, 6.07) is 4.63. The summed E-state index contributed by atoms with van der Waals surface area (Å²) in [4.78, 5) is 11.5. The van der Waals surface area contributed by atoms with Gasteiger partial charge in [0.15, 0.2) is 5.78 Å². The van der Waals surface area contributed by atoms with Gasteiger partial charge in [-0.05, 0) is 25.1 Å². The van der Waals surface area contributed by atoms with Crippen LogP contribution in [0.1, 0.15) is 17.3 Å². The van der Waals surface area contributed by atoms with Crippen LogP contribution in [-0.4, -0.2) is 11.8 Å². The number of rotatable bonds is 2. The van der Waals surface area contributed by atoms with Crippen LogP contribution in [0.3, 0.4) is 0 Å². The van der Waals surface area contributed by atoms with Crippen molar-refractivity contribution in [1.82, 2.24) is 0 Å². The zero-order chi connectivity index (χ0) is 10.0. The van der Waals surface area contributed by atoms with Gasteiger partial charge in [-0.25, -0.2) is 0 Å². The van der Waals surface area contributed by atoms with Crippen molar-refractivity contribution in [2.75, 3.05) is 5.73 Å². The van der Waals surface area contributed by atoms with Crippen molar-refractivity contribution in [3.8, 4) is 0 Å². The Labute approximate surface area is 85.2 Å². The third-order valence-corrected chi connectivity index (χ3v) is 2.19. The van der Waals surface area contributed by atoms with Gasteiger partial charge in [-0.15, -0.1) is 0 Å². The maximum atomic E-state index is 11.5. The van der Waals surface area contributed by atoms with E-state index in [2.05, 4.69) is 15.9 Å². The van der Waals surface area contributed by atoms with Crippen LogP contribution in [0.5, 0.6) is 0 Å². The molecule has 13 heavy (non-hydrogen) atoms. The molecule has 0 saturated carbocycles. The van der Waals surface area contributed by atoms with Gasteiger partial charge in [0.05, 0.1) is 6.04 Å². The van der Waals surface area contributed by atoms with E-state index in [1.807, 2.05) is 0 Å². The molecule has 0 aliphatic carbocycles. The highest BCUT2D eigenvalue weighted by Gasteiger charge is 2.13. The molecule has 0 spiro atoms. The van der Waals surface area contributed by atoms with E-state index >= 15 is 0 Å². The lowest BCUT2D eigenvalue weighted by Crippen LogP contribution is -2.27. The second-order valence-corrected chi connectivity index (χ2v) is 3.80. The van der Waals surface area contributed by atoms with Gasteiger partial charge >= 0.3 is 0 Å². The van der Waals surface area contributed by atoms with Crippen molar-refractivity contribution >= 4 is 27.4 Å². The van der Waals surface area contributed by atoms with Crippen molar-refractivity contribution in [3.05, 3.63) is 28.2 Å². The van der Waals surface area contributed by atoms with E-state index < -0.39 is 6.04 Å². The fourth-order valence-corrected chi connectivity index (χ4v) is 1.35. The van der Waals surface area contributed by atoms with Crippen LogP contribution in [0, 0.1) is 0 Å². The SMILES string of the molecule is CC(N)C(=O)c1cc(Br)ccc1N. The first kappa shape index (κ1) is 10.2. The zero-order valence-corrected chi connectivity index (χ0v) is 8.84. The van der Waals surface area contributed by atoms with Crippen LogP contribution in [0.2, 0.25) is 0 Å². The van der Waals surface area contributed by atoms with Gasteiger partial charge < -0.3 is 11.5 Å². The molecule has 0 aliphatic rings. The van der Waals surface area contributed by atoms with Crippen molar-refractivity contribution < 1.29 is 4.79 Å². The first-order chi connectivity index (χ1) is 6.02. The number of carbonyl (C=O) groups is 1. The molecule has 0 amide bonds. The Balaban J connectivity index is 3.13. The number of halogens is 1. The average Bonchev–Trinajstić information content (AvgIpc) is 2.08. The monoisotopic (exact) mass is 242 g/mol. The van der Waals surface area contributed by atoms with Gasteiger partial charge in [0.1, 0.15) is 0 Å². The van der Waals surface area contributed by atoms with Crippen LogP contribution in [0.15, 0.2) is 22.7 Å². The van der Waals surface area contributed by atoms with Gasteiger partial charge in [-0.2, -0.15) is 0 Å². The number of anilines is 1. The lowest BCUT2D eigenvalue weighted by Gasteiger charge is -2.07. The summed E-state index contributed by atoms with van der Waals surface area (Å²) >= 11 is 3.27. The topological polar surface area (TPSA) is 69.1 Å². The van der Waals surface area contributed by atoms with Crippen LogP contribution in [0.25, 0.3) is 0 Å². The number of Topliss-reactive ketones (excluding diaryl/α,β-unsaturated/α-hetero) is 1. The van der Waals surface area contributed by atoms with E-state index in [4.69, 9.17) is 11.5 Å². The molecule has 1 aromatic rings. The summed E-state index contributed by atoms with van der Waals surface area (Å²) in [5, 5.41) is 0. The minimum absolute atomic E-state index is 0.140. The minimum atomic E-state index is -0.517. The molecule has 4 heteroatoms. The Bertz CT molecular complexity index is 336. The number of nitrogen functional groups attached to an aromatic ring is 1. The summed E-state index contributed by atoms with van der Waals surface area (Å²) in [7, 11) is 0. The van der Waals surface area contributed by atoms with Crippen molar-refractivity contribution in [2.45, 2.75) is 13.0 Å². The number of ketones is 1. The number of benzene rings is 1. The van der Waals surface area contributed by atoms with Crippen LogP contribution >= 0.6 is 15.9 Å². The second kappa shape index (κ2) is 3.89. The van der Waals surface area contributed by atoms with E-state index in [9.17, 15) is 4.79 Å². The molecule has 0 aliphatic heterocycles. The third kappa shape index (κ3) is 2.29. The highest BCUT2D eigenvalue weighted by molar-refractivity contribution is 9.10. The van der Waals surface area contributed by atoms with E-state index in [1.165, 1.54) is 0 Å². The molecular weight excluding hydrogens is 232 g/mol. The average molecular weight is 243 g/mol. The maximum Gasteiger partial charge on any atom is 0.181 e. The summed E-state index contributed by atoms with van der Waals surface area (Å²) in [6.07, 6.45) is 0. The normalized spacial score (nSPS) is 12.5. The van der Waals surface area contributed by atoms with E-state index in [0.29, 0.717) is 11.3 Å². The number of nitrogens with two attached hydrogens (primary N) is 2. The molecule has 3 nitrogen and oxygen atoms in total. The summed E-state index contributed by atoms with van der Waals surface area (Å²) in [5.74, 6) is -0.140. The van der Waals surface area contributed by atoms with Crippen LogP contribution in [0.4, 0.5) is 5.69 Å². The minimum Gasteiger partial charge on any atom is -0.398 e. The molecule has 1 unspecified atom stereocenters. The van der Waals surface area contributed by atoms with Crippen molar-refractivity contribution in [1.29, 1.82) is 0 Å². The molecule has 0 saturated heterocycles. The molecule has 1 aromatic carbocycles. The molecule has 70 valence electrons. The van der Waals surface area contributed by atoms with Gasteiger partial charge in [0.2, 0.25) is 0 Å².